The van der Waals surface area contributed by atoms with Gasteiger partial charge in [-0.05, 0) is 155 Å². The number of amides is 1. The molecule has 18 heteroatoms. The van der Waals surface area contributed by atoms with Crippen LogP contribution in [0.2, 0.25) is 0 Å². The molecule has 0 bridgehead atoms. The zero-order valence-corrected chi connectivity index (χ0v) is 55.3. The molecule has 0 aromatic carbocycles. The number of carbonyl (C=O) groups is 5. The summed E-state index contributed by atoms with van der Waals surface area (Å²) in [5.41, 5.74) is -0.297. The molecule has 0 radical (unpaired) electrons. The first kappa shape index (κ1) is 71.8. The Kier molecular flexibility index (Phi) is 25.7. The molecular weight excluding hydrogens is 1160 g/mol. The molecule has 8 aliphatic rings. The molecule has 8 rings (SSSR count). The maximum absolute atomic E-state index is 12.1. The molecule has 466 valence electrons. The summed E-state index contributed by atoms with van der Waals surface area (Å²) < 4.78 is 57.5. The third kappa shape index (κ3) is 20.7. The van der Waals surface area contributed by atoms with Crippen LogP contribution in [-0.4, -0.2) is 67.4 Å². The number of hydrogen-bond donors (Lipinski definition) is 1. The van der Waals surface area contributed by atoms with Crippen molar-refractivity contribution in [2.24, 2.45) is 86.3 Å². The molecule has 10 nitrogen and oxygen atoms in total. The van der Waals surface area contributed by atoms with E-state index < -0.39 is 24.5 Å². The second-order valence-electron chi connectivity index (χ2n) is 27.1. The quantitative estimate of drug-likeness (QED) is 0.0809. The highest BCUT2D eigenvalue weighted by Gasteiger charge is 2.65. The number of nitrogens with one attached hydrogen (secondary N) is 1. The van der Waals surface area contributed by atoms with Gasteiger partial charge in [0.2, 0.25) is 5.91 Å². The molecule has 8 aliphatic carbocycles. The molecule has 0 spiro atoms. The lowest BCUT2D eigenvalue weighted by Crippen LogP contribution is -2.35. The second-order valence-corrected chi connectivity index (χ2v) is 30.0. The van der Waals surface area contributed by atoms with E-state index in [0.29, 0.717) is 11.6 Å². The number of unbranched alkanes of at least 4 members (excludes halogenated alkanes) is 2. The van der Waals surface area contributed by atoms with Gasteiger partial charge in [-0.3, -0.25) is 24.0 Å². The Bertz CT molecular complexity index is 2390. The standard InChI is InChI=1S/C14H21ClO2.C14H23ClO2.C13H19ClO2.C12H17ClO2.C11H15ClF3NO/c1-9(15)8-11-12(14(11,2)3)13(16)17-10-6-4-5-7-10;1-5-6-7-8-17-13(16)12-11(9-10(2)15)14(12,3)4;1-8(14)7-10-11(13(10,2)3)12(15)16-9-5-4-6-9;1-7(13)6-9-10(12(9,2)3)11(14)15-8-4-5-8;1-6(12)4-7-8(10(7,2)3)9(17)16-5-11(13,14)15/h8,10-12H,4-7H2,1-3H3;9,11-12H,5-8H2,1-4H3;7,9-11H,4-6H2,1-3H3;6,8-10H,4-5H2,1-3H3;4,7-8H,5H2,1-3H3,(H,16,17)/b9-8-;10-9-;8-7-;7-6-;6-4-/t2*11-,12+;10-,11+;9-,10+;7-,8+/m11111/s1. The van der Waals surface area contributed by atoms with E-state index in [9.17, 15) is 37.1 Å². The minimum atomic E-state index is -4.37. The largest absolute Gasteiger partial charge is 0.465 e. The molecular formula is C64H95Cl5F3NO9. The lowest BCUT2D eigenvalue weighted by Gasteiger charge is -2.25. The predicted octanol–water partition coefficient (Wildman–Crippen LogP) is 17.7. The van der Waals surface area contributed by atoms with Gasteiger partial charge in [0, 0.05) is 25.2 Å². The van der Waals surface area contributed by atoms with E-state index in [4.69, 9.17) is 77.0 Å². The molecule has 1 amide bonds. The van der Waals surface area contributed by atoms with Crippen LogP contribution in [0.25, 0.3) is 0 Å². The number of alkyl halides is 3. The molecule has 0 unspecified atom stereocenters. The van der Waals surface area contributed by atoms with Crippen molar-refractivity contribution >= 4 is 87.8 Å². The van der Waals surface area contributed by atoms with Crippen molar-refractivity contribution in [3.63, 3.8) is 0 Å². The van der Waals surface area contributed by atoms with Crippen LogP contribution in [0.1, 0.15) is 188 Å². The third-order valence-corrected chi connectivity index (χ3v) is 18.7. The van der Waals surface area contributed by atoms with Gasteiger partial charge in [0.05, 0.1) is 36.2 Å². The second kappa shape index (κ2) is 29.3. The zero-order chi connectivity index (χ0) is 62.2. The van der Waals surface area contributed by atoms with Crippen molar-refractivity contribution in [2.45, 2.75) is 212 Å². The van der Waals surface area contributed by atoms with Gasteiger partial charge >= 0.3 is 30.1 Å². The van der Waals surface area contributed by atoms with Crippen molar-refractivity contribution in [1.29, 1.82) is 0 Å². The Balaban J connectivity index is 0.000000220. The summed E-state index contributed by atoms with van der Waals surface area (Å²) in [5.74, 6) is -0.283. The van der Waals surface area contributed by atoms with Crippen LogP contribution < -0.4 is 5.32 Å². The monoisotopic (exact) mass is 1250 g/mol. The molecule has 8 saturated carbocycles. The van der Waals surface area contributed by atoms with Gasteiger partial charge in [0.25, 0.3) is 0 Å². The summed E-state index contributed by atoms with van der Waals surface area (Å²) in [6.07, 6.45) is 18.8. The number of rotatable bonds is 18. The van der Waals surface area contributed by atoms with Gasteiger partial charge in [0.1, 0.15) is 24.9 Å². The summed E-state index contributed by atoms with van der Waals surface area (Å²) in [5, 5.41) is 5.49. The number of ether oxygens (including phenoxy) is 4. The minimum absolute atomic E-state index is 0.00167. The summed E-state index contributed by atoms with van der Waals surface area (Å²) >= 11 is 29.2. The number of carbonyl (C=O) groups excluding carboxylic acids is 5. The van der Waals surface area contributed by atoms with Crippen LogP contribution in [-0.2, 0) is 42.9 Å². The van der Waals surface area contributed by atoms with Gasteiger partial charge < -0.3 is 24.3 Å². The molecule has 10 atom stereocenters. The fourth-order valence-corrected chi connectivity index (χ4v) is 12.5. The van der Waals surface area contributed by atoms with E-state index in [2.05, 4.69) is 62.3 Å². The van der Waals surface area contributed by atoms with Crippen molar-refractivity contribution in [1.82, 2.24) is 5.32 Å². The highest BCUT2D eigenvalue weighted by molar-refractivity contribution is 6.30. The summed E-state index contributed by atoms with van der Waals surface area (Å²) in [7, 11) is 0. The smallest absolute Gasteiger partial charge is 0.405 e. The Morgan fingerprint density at radius 2 is 0.732 bits per heavy atom. The van der Waals surface area contributed by atoms with E-state index in [0.717, 1.165) is 77.9 Å². The van der Waals surface area contributed by atoms with Crippen LogP contribution in [0.5, 0.6) is 0 Å². The normalized spacial score (nSPS) is 30.7. The minimum Gasteiger partial charge on any atom is -0.465 e. The number of allylic oxidation sites excluding steroid dienone is 10. The van der Waals surface area contributed by atoms with Crippen molar-refractivity contribution < 1.29 is 56.1 Å². The molecule has 82 heavy (non-hydrogen) atoms. The summed E-state index contributed by atoms with van der Waals surface area (Å²) in [6, 6.07) is 0. The number of hydrogen-bond acceptors (Lipinski definition) is 9. The molecule has 0 aromatic heterocycles. The van der Waals surface area contributed by atoms with E-state index >= 15 is 0 Å². The van der Waals surface area contributed by atoms with Crippen LogP contribution >= 0.6 is 58.0 Å². The van der Waals surface area contributed by atoms with Crippen LogP contribution in [0.4, 0.5) is 13.2 Å². The Labute approximate surface area is 513 Å². The molecule has 0 saturated heterocycles. The lowest BCUT2D eigenvalue weighted by molar-refractivity contribution is -0.155. The first-order valence-electron chi connectivity index (χ1n) is 29.6. The fraction of sp³-hybridized carbons (Fsp3) is 0.766. The molecule has 1 N–H and O–H groups in total. The van der Waals surface area contributed by atoms with Crippen molar-refractivity contribution in [2.75, 3.05) is 13.2 Å². The van der Waals surface area contributed by atoms with E-state index in [1.807, 2.05) is 71.2 Å². The maximum Gasteiger partial charge on any atom is 0.405 e. The van der Waals surface area contributed by atoms with Crippen LogP contribution in [0, 0.1) is 86.3 Å². The first-order valence-corrected chi connectivity index (χ1v) is 31.5. The van der Waals surface area contributed by atoms with Gasteiger partial charge in [-0.1, -0.05) is 177 Å². The molecule has 8 fully saturated rings. The maximum atomic E-state index is 12.1. The zero-order valence-electron chi connectivity index (χ0n) is 51.5. The van der Waals surface area contributed by atoms with Crippen molar-refractivity contribution in [3.05, 3.63) is 55.5 Å². The Morgan fingerprint density at radius 3 is 1.00 bits per heavy atom. The van der Waals surface area contributed by atoms with Gasteiger partial charge in [0.15, 0.2) is 0 Å². The summed E-state index contributed by atoms with van der Waals surface area (Å²) in [6.45, 7) is 30.9. The predicted molar refractivity (Wildman–Crippen MR) is 323 cm³/mol. The number of halogens is 8. The molecule has 0 aromatic rings. The fourth-order valence-electron chi connectivity index (χ4n) is 11.8. The Morgan fingerprint density at radius 1 is 0.451 bits per heavy atom. The van der Waals surface area contributed by atoms with Crippen LogP contribution in [0.3, 0.4) is 0 Å². The average Bonchev–Trinajstić information content (AvgIpc) is 3.59. The van der Waals surface area contributed by atoms with E-state index in [-0.39, 0.29) is 123 Å². The Hall–Kier alpha value is -2.71. The topological polar surface area (TPSA) is 134 Å². The van der Waals surface area contributed by atoms with E-state index in [1.54, 1.807) is 13.0 Å². The van der Waals surface area contributed by atoms with Gasteiger partial charge in [-0.25, -0.2) is 0 Å². The first-order chi connectivity index (χ1) is 37.7. The van der Waals surface area contributed by atoms with Crippen molar-refractivity contribution in [3.8, 4) is 0 Å². The SMILES string of the molecule is C/C(Cl)=C/[C@@H]1[C@@H](C(=O)NCC(F)(F)F)C1(C)C.C/C(Cl)=C/[C@@H]1[C@@H](C(=O)OC2CC2)C1(C)C.C/C(Cl)=C/[C@@H]1[C@@H](C(=O)OC2CCC2)C1(C)C.C/C(Cl)=C/[C@@H]1[C@@H](C(=O)OC2CCCC2)C1(C)C.CCCCCOC(=O)[C@@H]1[C@@H](/C=C(/C)Cl)C1(C)C. The average molecular weight is 1260 g/mol. The molecule has 0 aliphatic heterocycles. The van der Waals surface area contributed by atoms with Gasteiger partial charge in [-0.15, -0.1) is 0 Å². The third-order valence-electron chi connectivity index (χ3n) is 18.1. The lowest BCUT2D eigenvalue weighted by atomic mass is 9.96. The van der Waals surface area contributed by atoms with E-state index in [1.165, 1.54) is 19.3 Å². The van der Waals surface area contributed by atoms with Crippen LogP contribution in [0.15, 0.2) is 55.5 Å². The summed E-state index contributed by atoms with van der Waals surface area (Å²) in [4.78, 5) is 59.2. The van der Waals surface area contributed by atoms with Gasteiger partial charge in [-0.2, -0.15) is 13.2 Å². The highest BCUT2D eigenvalue weighted by atomic mass is 35.5. The number of esters is 4. The highest BCUT2D eigenvalue weighted by Crippen LogP contribution is 2.63. The molecule has 0 heterocycles.